The van der Waals surface area contributed by atoms with Crippen LogP contribution in [0.3, 0.4) is 0 Å². The third kappa shape index (κ3) is 2.18. The van der Waals surface area contributed by atoms with Gasteiger partial charge >= 0.3 is 5.97 Å². The Morgan fingerprint density at radius 3 is 2.88 bits per heavy atom. The van der Waals surface area contributed by atoms with Gasteiger partial charge in [-0.15, -0.1) is 0 Å². The van der Waals surface area contributed by atoms with Gasteiger partial charge in [0, 0.05) is 12.0 Å². The van der Waals surface area contributed by atoms with Gasteiger partial charge in [0.15, 0.2) is 0 Å². The first kappa shape index (κ1) is 11.0. The molecule has 1 aliphatic rings. The second-order valence-electron chi connectivity index (χ2n) is 4.14. The summed E-state index contributed by atoms with van der Waals surface area (Å²) in [4.78, 5) is 10.7. The number of hydrogen-bond donors (Lipinski definition) is 1. The Balaban J connectivity index is 2.20. The van der Waals surface area contributed by atoms with Crippen LogP contribution < -0.4 is 4.74 Å². The molecule has 0 spiro atoms. The van der Waals surface area contributed by atoms with Crippen molar-refractivity contribution in [2.75, 3.05) is 7.11 Å². The van der Waals surface area contributed by atoms with Crippen molar-refractivity contribution in [2.24, 2.45) is 0 Å². The lowest BCUT2D eigenvalue weighted by molar-refractivity contribution is -0.138. The molecule has 1 aromatic rings. The largest absolute Gasteiger partial charge is 0.481 e. The molecule has 88 valence electrons. The highest BCUT2D eigenvalue weighted by atomic mass is 16.5. The molecule has 2 rings (SSSR count). The van der Waals surface area contributed by atoms with Gasteiger partial charge in [0.2, 0.25) is 5.88 Å². The number of carbonyl (C=O) groups is 1. The van der Waals surface area contributed by atoms with Gasteiger partial charge in [-0.05, 0) is 12.8 Å². The summed E-state index contributed by atoms with van der Waals surface area (Å²) in [6.07, 6.45) is 4.76. The number of methoxy groups -OCH3 is 1. The first-order chi connectivity index (χ1) is 7.70. The van der Waals surface area contributed by atoms with Crippen LogP contribution in [0.1, 0.15) is 37.3 Å². The summed E-state index contributed by atoms with van der Waals surface area (Å²) < 4.78 is 6.54. The Hall–Kier alpha value is -1.52. The molecule has 1 saturated carbocycles. The van der Waals surface area contributed by atoms with E-state index in [-0.39, 0.29) is 6.54 Å². The van der Waals surface area contributed by atoms with Gasteiger partial charge < -0.3 is 9.84 Å². The highest BCUT2D eigenvalue weighted by Crippen LogP contribution is 2.34. The molecule has 0 bridgehead atoms. The Morgan fingerprint density at radius 1 is 1.62 bits per heavy atom. The van der Waals surface area contributed by atoms with Crippen LogP contribution in [0.25, 0.3) is 0 Å². The number of aromatic nitrogens is 2. The SMILES string of the molecule is COc1cc(C2CCCC2)nn1CC(=O)O. The van der Waals surface area contributed by atoms with E-state index < -0.39 is 5.97 Å². The number of aliphatic carboxylic acids is 1. The van der Waals surface area contributed by atoms with Gasteiger partial charge in [0.25, 0.3) is 0 Å². The van der Waals surface area contributed by atoms with E-state index in [4.69, 9.17) is 9.84 Å². The Labute approximate surface area is 94.0 Å². The Kier molecular flexibility index (Phi) is 3.12. The first-order valence-electron chi connectivity index (χ1n) is 5.54. The van der Waals surface area contributed by atoms with E-state index in [1.54, 1.807) is 0 Å². The van der Waals surface area contributed by atoms with E-state index in [9.17, 15) is 4.79 Å². The standard InChI is InChI=1S/C11H16N2O3/c1-16-10-6-9(8-4-2-3-5-8)12-13(10)7-11(14)15/h6,8H,2-5,7H2,1H3,(H,14,15). The molecule has 5 heteroatoms. The molecule has 0 saturated heterocycles. The van der Waals surface area contributed by atoms with Crippen molar-refractivity contribution in [3.63, 3.8) is 0 Å². The smallest absolute Gasteiger partial charge is 0.325 e. The van der Waals surface area contributed by atoms with Gasteiger partial charge in [-0.25, -0.2) is 4.68 Å². The van der Waals surface area contributed by atoms with Crippen molar-refractivity contribution in [2.45, 2.75) is 38.1 Å². The average Bonchev–Trinajstić information content (AvgIpc) is 2.83. The maximum Gasteiger partial charge on any atom is 0.325 e. The van der Waals surface area contributed by atoms with Crippen LogP contribution in [-0.4, -0.2) is 28.0 Å². The number of hydrogen-bond acceptors (Lipinski definition) is 3. The zero-order valence-electron chi connectivity index (χ0n) is 9.35. The predicted molar refractivity (Wildman–Crippen MR) is 57.6 cm³/mol. The normalized spacial score (nSPS) is 16.6. The van der Waals surface area contributed by atoms with Gasteiger partial charge in [0.1, 0.15) is 6.54 Å². The van der Waals surface area contributed by atoms with Crippen LogP contribution in [0, 0.1) is 0 Å². The number of ether oxygens (including phenoxy) is 1. The Bertz CT molecular complexity index is 381. The monoisotopic (exact) mass is 224 g/mol. The van der Waals surface area contributed by atoms with E-state index >= 15 is 0 Å². The zero-order valence-corrected chi connectivity index (χ0v) is 9.35. The second-order valence-corrected chi connectivity index (χ2v) is 4.14. The molecular weight excluding hydrogens is 208 g/mol. The molecule has 16 heavy (non-hydrogen) atoms. The predicted octanol–water partition coefficient (Wildman–Crippen LogP) is 1.63. The lowest BCUT2D eigenvalue weighted by Crippen LogP contribution is -2.11. The fraction of sp³-hybridized carbons (Fsp3) is 0.636. The summed E-state index contributed by atoms with van der Waals surface area (Å²) >= 11 is 0. The van der Waals surface area contributed by atoms with E-state index in [1.165, 1.54) is 24.6 Å². The average molecular weight is 224 g/mol. The van der Waals surface area contributed by atoms with Gasteiger partial charge in [0.05, 0.1) is 12.8 Å². The van der Waals surface area contributed by atoms with Crippen LogP contribution in [0.15, 0.2) is 6.07 Å². The molecule has 1 aromatic heterocycles. The fourth-order valence-electron chi connectivity index (χ4n) is 2.25. The van der Waals surface area contributed by atoms with Crippen LogP contribution in [0.5, 0.6) is 5.88 Å². The molecule has 1 aliphatic carbocycles. The summed E-state index contributed by atoms with van der Waals surface area (Å²) in [5, 5.41) is 13.1. The summed E-state index contributed by atoms with van der Waals surface area (Å²) in [5.41, 5.74) is 0.968. The van der Waals surface area contributed by atoms with Crippen molar-refractivity contribution in [3.05, 3.63) is 11.8 Å². The van der Waals surface area contributed by atoms with E-state index in [2.05, 4.69) is 5.10 Å². The van der Waals surface area contributed by atoms with Crippen molar-refractivity contribution >= 4 is 5.97 Å². The number of carboxylic acids is 1. The number of nitrogens with zero attached hydrogens (tertiary/aromatic N) is 2. The molecular formula is C11H16N2O3. The van der Waals surface area contributed by atoms with E-state index in [1.807, 2.05) is 6.07 Å². The van der Waals surface area contributed by atoms with Gasteiger partial charge in [-0.3, -0.25) is 4.79 Å². The quantitative estimate of drug-likeness (QED) is 0.844. The van der Waals surface area contributed by atoms with Crippen LogP contribution in [0.4, 0.5) is 0 Å². The molecule has 5 nitrogen and oxygen atoms in total. The third-order valence-corrected chi connectivity index (χ3v) is 3.03. The first-order valence-corrected chi connectivity index (χ1v) is 5.54. The lowest BCUT2D eigenvalue weighted by Gasteiger charge is -2.03. The molecule has 0 aliphatic heterocycles. The van der Waals surface area contributed by atoms with E-state index in [0.717, 1.165) is 18.5 Å². The minimum Gasteiger partial charge on any atom is -0.481 e. The zero-order chi connectivity index (χ0) is 11.5. The molecule has 1 N–H and O–H groups in total. The maximum atomic E-state index is 10.7. The van der Waals surface area contributed by atoms with E-state index in [0.29, 0.717) is 11.8 Å². The van der Waals surface area contributed by atoms with Crippen LogP contribution in [-0.2, 0) is 11.3 Å². The second kappa shape index (κ2) is 4.55. The van der Waals surface area contributed by atoms with Crippen molar-refractivity contribution in [3.8, 4) is 5.88 Å². The maximum absolute atomic E-state index is 10.7. The molecule has 0 unspecified atom stereocenters. The molecule has 0 aromatic carbocycles. The number of rotatable bonds is 4. The molecule has 0 radical (unpaired) electrons. The highest BCUT2D eigenvalue weighted by molar-refractivity contribution is 5.66. The van der Waals surface area contributed by atoms with Crippen LogP contribution >= 0.6 is 0 Å². The molecule has 0 atom stereocenters. The van der Waals surface area contributed by atoms with Gasteiger partial charge in [-0.1, -0.05) is 12.8 Å². The lowest BCUT2D eigenvalue weighted by atomic mass is 10.1. The summed E-state index contributed by atoms with van der Waals surface area (Å²) in [5.74, 6) is 0.104. The van der Waals surface area contributed by atoms with Crippen molar-refractivity contribution < 1.29 is 14.6 Å². The summed E-state index contributed by atoms with van der Waals surface area (Å²) in [7, 11) is 1.54. The minimum absolute atomic E-state index is 0.143. The van der Waals surface area contributed by atoms with Crippen molar-refractivity contribution in [1.29, 1.82) is 0 Å². The summed E-state index contributed by atoms with van der Waals surface area (Å²) in [6.45, 7) is -0.143. The fourth-order valence-corrected chi connectivity index (χ4v) is 2.25. The topological polar surface area (TPSA) is 64.4 Å². The molecule has 0 amide bonds. The highest BCUT2D eigenvalue weighted by Gasteiger charge is 2.22. The minimum atomic E-state index is -0.903. The third-order valence-electron chi connectivity index (χ3n) is 3.03. The Morgan fingerprint density at radius 2 is 2.31 bits per heavy atom. The van der Waals surface area contributed by atoms with Crippen LogP contribution in [0.2, 0.25) is 0 Å². The molecule has 1 fully saturated rings. The van der Waals surface area contributed by atoms with Crippen molar-refractivity contribution in [1.82, 2.24) is 9.78 Å². The van der Waals surface area contributed by atoms with Gasteiger partial charge in [-0.2, -0.15) is 5.10 Å². The summed E-state index contributed by atoms with van der Waals surface area (Å²) in [6, 6.07) is 1.86. The number of carboxylic acid groups (broad SMARTS) is 1. The molecule has 1 heterocycles.